The molecule has 80 valence electrons. The molecule has 1 heterocycles. The van der Waals surface area contributed by atoms with E-state index in [0.29, 0.717) is 13.1 Å². The molecule has 0 aromatic heterocycles. The Balaban J connectivity index is 2.87. The molecule has 5 heteroatoms. The number of nitrogens with zero attached hydrogens (tertiary/aromatic N) is 1. The number of carbonyl (C=O) groups is 2. The van der Waals surface area contributed by atoms with Crippen molar-refractivity contribution in [2.45, 2.75) is 32.4 Å². The van der Waals surface area contributed by atoms with Crippen LogP contribution >= 0.6 is 0 Å². The third-order valence-corrected chi connectivity index (χ3v) is 2.51. The molecule has 14 heavy (non-hydrogen) atoms. The first-order chi connectivity index (χ1) is 6.37. The van der Waals surface area contributed by atoms with Gasteiger partial charge in [0, 0.05) is 13.1 Å². The van der Waals surface area contributed by atoms with Gasteiger partial charge >= 0.3 is 0 Å². The quantitative estimate of drug-likeness (QED) is 0.573. The van der Waals surface area contributed by atoms with Crippen LogP contribution in [0.15, 0.2) is 0 Å². The van der Waals surface area contributed by atoms with Crippen molar-refractivity contribution in [1.82, 2.24) is 10.2 Å². The van der Waals surface area contributed by atoms with Gasteiger partial charge in [-0.3, -0.25) is 9.59 Å². The van der Waals surface area contributed by atoms with E-state index in [4.69, 9.17) is 5.73 Å². The van der Waals surface area contributed by atoms with Crippen LogP contribution in [-0.2, 0) is 9.59 Å². The van der Waals surface area contributed by atoms with Crippen molar-refractivity contribution in [3.05, 3.63) is 0 Å². The highest BCUT2D eigenvalue weighted by Crippen LogP contribution is 2.18. The second kappa shape index (κ2) is 3.57. The normalized spacial score (nSPS) is 22.9. The Morgan fingerprint density at radius 2 is 2.21 bits per heavy atom. The van der Waals surface area contributed by atoms with Crippen molar-refractivity contribution in [1.29, 1.82) is 0 Å². The summed E-state index contributed by atoms with van der Waals surface area (Å²) in [6.45, 7) is 6.11. The summed E-state index contributed by atoms with van der Waals surface area (Å²) in [5.41, 5.74) is 4.72. The standard InChI is InChI=1S/C9H17N3O2/c1-6(10)7(13)12-5-4-11-8(14)9(12,2)3/h6H,4-5,10H2,1-3H3,(H,11,14). The number of amides is 2. The summed E-state index contributed by atoms with van der Waals surface area (Å²) in [6, 6.07) is -0.555. The van der Waals surface area contributed by atoms with Crippen LogP contribution in [0.25, 0.3) is 0 Å². The lowest BCUT2D eigenvalue weighted by Gasteiger charge is -2.41. The van der Waals surface area contributed by atoms with E-state index >= 15 is 0 Å². The van der Waals surface area contributed by atoms with Gasteiger partial charge in [-0.2, -0.15) is 0 Å². The first-order valence-corrected chi connectivity index (χ1v) is 4.72. The molecule has 0 aliphatic carbocycles. The fourth-order valence-electron chi connectivity index (χ4n) is 1.53. The van der Waals surface area contributed by atoms with E-state index in [9.17, 15) is 9.59 Å². The SMILES string of the molecule is CC(N)C(=O)N1CCNC(=O)C1(C)C. The van der Waals surface area contributed by atoms with Gasteiger partial charge in [-0.25, -0.2) is 0 Å². The molecule has 2 amide bonds. The van der Waals surface area contributed by atoms with E-state index in [1.54, 1.807) is 20.8 Å². The molecule has 0 bridgehead atoms. The predicted molar refractivity (Wildman–Crippen MR) is 52.5 cm³/mol. The highest BCUT2D eigenvalue weighted by molar-refractivity contribution is 5.93. The molecule has 1 aliphatic heterocycles. The maximum atomic E-state index is 11.7. The molecule has 1 unspecified atom stereocenters. The number of hydrogen-bond donors (Lipinski definition) is 2. The Kier molecular flexibility index (Phi) is 2.80. The fraction of sp³-hybridized carbons (Fsp3) is 0.778. The van der Waals surface area contributed by atoms with Gasteiger partial charge in [-0.05, 0) is 20.8 Å². The maximum Gasteiger partial charge on any atom is 0.245 e. The summed E-state index contributed by atoms with van der Waals surface area (Å²) in [4.78, 5) is 24.7. The van der Waals surface area contributed by atoms with E-state index < -0.39 is 11.6 Å². The zero-order valence-corrected chi connectivity index (χ0v) is 8.83. The molecule has 1 saturated heterocycles. The monoisotopic (exact) mass is 199 g/mol. The minimum absolute atomic E-state index is 0.127. The zero-order valence-electron chi connectivity index (χ0n) is 8.83. The Bertz CT molecular complexity index is 261. The van der Waals surface area contributed by atoms with Crippen molar-refractivity contribution in [2.75, 3.05) is 13.1 Å². The topological polar surface area (TPSA) is 75.4 Å². The Morgan fingerprint density at radius 3 is 2.71 bits per heavy atom. The fourth-order valence-corrected chi connectivity index (χ4v) is 1.53. The van der Waals surface area contributed by atoms with Crippen LogP contribution in [-0.4, -0.2) is 41.4 Å². The van der Waals surface area contributed by atoms with Crippen LogP contribution in [0.4, 0.5) is 0 Å². The molecule has 0 radical (unpaired) electrons. The van der Waals surface area contributed by atoms with E-state index in [2.05, 4.69) is 5.32 Å². The van der Waals surface area contributed by atoms with E-state index in [1.165, 1.54) is 4.90 Å². The second-order valence-electron chi connectivity index (χ2n) is 4.09. The largest absolute Gasteiger partial charge is 0.352 e. The van der Waals surface area contributed by atoms with Gasteiger partial charge in [0.25, 0.3) is 0 Å². The number of hydrogen-bond acceptors (Lipinski definition) is 3. The molecule has 1 fully saturated rings. The first-order valence-electron chi connectivity index (χ1n) is 4.72. The molecule has 5 nitrogen and oxygen atoms in total. The van der Waals surface area contributed by atoms with Gasteiger partial charge in [0.05, 0.1) is 6.04 Å². The van der Waals surface area contributed by atoms with Crippen molar-refractivity contribution < 1.29 is 9.59 Å². The van der Waals surface area contributed by atoms with E-state index in [0.717, 1.165) is 0 Å². The Labute approximate surface area is 83.6 Å². The maximum absolute atomic E-state index is 11.7. The lowest BCUT2D eigenvalue weighted by atomic mass is 9.98. The predicted octanol–water partition coefficient (Wildman–Crippen LogP) is -0.929. The molecule has 1 aliphatic rings. The highest BCUT2D eigenvalue weighted by Gasteiger charge is 2.40. The molecule has 1 atom stereocenters. The average Bonchev–Trinajstić information content (AvgIpc) is 2.08. The van der Waals surface area contributed by atoms with Crippen LogP contribution in [0.1, 0.15) is 20.8 Å². The lowest BCUT2D eigenvalue weighted by molar-refractivity contribution is -0.149. The Morgan fingerprint density at radius 1 is 1.64 bits per heavy atom. The number of nitrogens with one attached hydrogen (secondary N) is 1. The van der Waals surface area contributed by atoms with Crippen molar-refractivity contribution in [3.63, 3.8) is 0 Å². The van der Waals surface area contributed by atoms with Crippen LogP contribution < -0.4 is 11.1 Å². The van der Waals surface area contributed by atoms with Crippen LogP contribution in [0.3, 0.4) is 0 Å². The average molecular weight is 199 g/mol. The molecule has 0 aromatic rings. The highest BCUT2D eigenvalue weighted by atomic mass is 16.2. The molecule has 0 spiro atoms. The summed E-state index contributed by atoms with van der Waals surface area (Å²) >= 11 is 0. The molecule has 1 rings (SSSR count). The molecule has 3 N–H and O–H groups in total. The molecular weight excluding hydrogens is 182 g/mol. The first kappa shape index (κ1) is 11.0. The molecular formula is C9H17N3O2. The van der Waals surface area contributed by atoms with Gasteiger partial charge in [-0.15, -0.1) is 0 Å². The summed E-state index contributed by atoms with van der Waals surface area (Å²) < 4.78 is 0. The van der Waals surface area contributed by atoms with E-state index in [1.807, 2.05) is 0 Å². The number of piperazine rings is 1. The van der Waals surface area contributed by atoms with Gasteiger partial charge in [-0.1, -0.05) is 0 Å². The summed E-state index contributed by atoms with van der Waals surface area (Å²) in [5.74, 6) is -0.303. The van der Waals surface area contributed by atoms with Gasteiger partial charge in [0.15, 0.2) is 0 Å². The molecule has 0 aromatic carbocycles. The number of carbonyl (C=O) groups excluding carboxylic acids is 2. The Hall–Kier alpha value is -1.10. The van der Waals surface area contributed by atoms with Gasteiger partial charge in [0.1, 0.15) is 5.54 Å². The minimum atomic E-state index is -0.789. The summed E-state index contributed by atoms with van der Waals surface area (Å²) in [5, 5.41) is 2.72. The van der Waals surface area contributed by atoms with Crippen molar-refractivity contribution in [2.24, 2.45) is 5.73 Å². The van der Waals surface area contributed by atoms with Gasteiger partial charge in [0.2, 0.25) is 11.8 Å². The number of rotatable bonds is 1. The third kappa shape index (κ3) is 1.72. The van der Waals surface area contributed by atoms with Crippen LogP contribution in [0.5, 0.6) is 0 Å². The minimum Gasteiger partial charge on any atom is -0.352 e. The smallest absolute Gasteiger partial charge is 0.245 e. The lowest BCUT2D eigenvalue weighted by Crippen LogP contribution is -2.65. The zero-order chi connectivity index (χ0) is 10.9. The summed E-state index contributed by atoms with van der Waals surface area (Å²) in [6.07, 6.45) is 0. The number of nitrogens with two attached hydrogens (primary N) is 1. The summed E-state index contributed by atoms with van der Waals surface area (Å²) in [7, 11) is 0. The second-order valence-corrected chi connectivity index (χ2v) is 4.09. The molecule has 0 saturated carbocycles. The van der Waals surface area contributed by atoms with Crippen LogP contribution in [0.2, 0.25) is 0 Å². The van der Waals surface area contributed by atoms with Crippen LogP contribution in [0, 0.1) is 0 Å². The van der Waals surface area contributed by atoms with Gasteiger partial charge < -0.3 is 16.0 Å². The third-order valence-electron chi connectivity index (χ3n) is 2.51. The van der Waals surface area contributed by atoms with E-state index in [-0.39, 0.29) is 11.8 Å². The van der Waals surface area contributed by atoms with Crippen molar-refractivity contribution in [3.8, 4) is 0 Å². The van der Waals surface area contributed by atoms with Crippen molar-refractivity contribution >= 4 is 11.8 Å².